The third-order valence-electron chi connectivity index (χ3n) is 10.3. The SMILES string of the molecule is CCCCOC(=O)[C@H]1[C@@H](c2ccc(OC)cc2)N2[C@@H](C(=O)OCCCC)[C@@H](C(=O)Nc3ccccc3)[C@@H](c3ccc(OC)cc3)N2[C@H]1C(=O)Nc1ccccc1. The summed E-state index contributed by atoms with van der Waals surface area (Å²) in [7, 11) is 3.12. The summed E-state index contributed by atoms with van der Waals surface area (Å²) in [5, 5.41) is 9.55. The first-order valence-electron chi connectivity index (χ1n) is 19.2. The van der Waals surface area contributed by atoms with Crippen LogP contribution in [-0.2, 0) is 28.7 Å². The number of ether oxygens (including phenoxy) is 4. The van der Waals surface area contributed by atoms with Crippen LogP contribution in [0.2, 0.25) is 0 Å². The van der Waals surface area contributed by atoms with Crippen molar-refractivity contribution in [3.05, 3.63) is 120 Å². The first-order valence-corrected chi connectivity index (χ1v) is 19.2. The molecule has 6 rings (SSSR count). The van der Waals surface area contributed by atoms with Gasteiger partial charge >= 0.3 is 11.9 Å². The number of hydrogen-bond acceptors (Lipinski definition) is 10. The monoisotopic (exact) mass is 762 g/mol. The van der Waals surface area contributed by atoms with Crippen molar-refractivity contribution in [2.45, 2.75) is 63.7 Å². The van der Waals surface area contributed by atoms with Gasteiger partial charge in [-0.25, -0.2) is 10.0 Å². The molecule has 4 aromatic rings. The van der Waals surface area contributed by atoms with Crippen molar-refractivity contribution in [3.8, 4) is 11.5 Å². The van der Waals surface area contributed by atoms with Gasteiger partial charge in [0, 0.05) is 11.4 Å². The van der Waals surface area contributed by atoms with Crippen LogP contribution >= 0.6 is 0 Å². The van der Waals surface area contributed by atoms with E-state index in [0.717, 1.165) is 12.8 Å². The molecule has 4 aromatic carbocycles. The predicted octanol–water partition coefficient (Wildman–Crippen LogP) is 6.97. The van der Waals surface area contributed by atoms with Gasteiger partial charge in [-0.05, 0) is 72.5 Å². The van der Waals surface area contributed by atoms with Gasteiger partial charge in [0.1, 0.15) is 29.5 Å². The van der Waals surface area contributed by atoms with Crippen molar-refractivity contribution in [2.75, 3.05) is 38.1 Å². The maximum Gasteiger partial charge on any atom is 0.325 e. The zero-order valence-corrected chi connectivity index (χ0v) is 32.3. The molecule has 2 saturated heterocycles. The molecule has 0 saturated carbocycles. The lowest BCUT2D eigenvalue weighted by atomic mass is 9.81. The summed E-state index contributed by atoms with van der Waals surface area (Å²) in [5.41, 5.74) is 2.30. The molecule has 0 radical (unpaired) electrons. The van der Waals surface area contributed by atoms with Crippen LogP contribution in [0, 0.1) is 11.8 Å². The first-order chi connectivity index (χ1) is 27.3. The van der Waals surface area contributed by atoms with Gasteiger partial charge in [-0.1, -0.05) is 87.4 Å². The number of amides is 2. The lowest BCUT2D eigenvalue weighted by molar-refractivity contribution is -0.158. The van der Waals surface area contributed by atoms with E-state index >= 15 is 0 Å². The number of carbonyl (C=O) groups is 4. The van der Waals surface area contributed by atoms with Gasteiger partial charge in [0.15, 0.2) is 0 Å². The minimum absolute atomic E-state index is 0.132. The Bertz CT molecular complexity index is 1930. The molecule has 0 spiro atoms. The Morgan fingerprint density at radius 1 is 0.536 bits per heavy atom. The summed E-state index contributed by atoms with van der Waals surface area (Å²) in [6, 6.07) is 27.9. The summed E-state index contributed by atoms with van der Waals surface area (Å²) in [6.45, 7) is 4.27. The largest absolute Gasteiger partial charge is 0.497 e. The number of hydrogen-bond donors (Lipinski definition) is 2. The average molecular weight is 763 g/mol. The van der Waals surface area contributed by atoms with Crippen LogP contribution in [-0.4, -0.2) is 73.3 Å². The van der Waals surface area contributed by atoms with Crippen molar-refractivity contribution in [1.82, 2.24) is 10.0 Å². The molecule has 0 unspecified atom stereocenters. The highest BCUT2D eigenvalue weighted by atomic mass is 16.5. The van der Waals surface area contributed by atoms with Gasteiger partial charge < -0.3 is 29.6 Å². The molecule has 56 heavy (non-hydrogen) atoms. The summed E-state index contributed by atoms with van der Waals surface area (Å²) >= 11 is 0. The molecule has 2 heterocycles. The zero-order valence-electron chi connectivity index (χ0n) is 32.3. The number of fused-ring (bicyclic) bond motifs is 1. The highest BCUT2D eigenvalue weighted by Gasteiger charge is 2.68. The summed E-state index contributed by atoms with van der Waals surface area (Å²) in [5.74, 6) is -3.31. The topological polar surface area (TPSA) is 136 Å². The van der Waals surface area contributed by atoms with Crippen LogP contribution in [0.5, 0.6) is 11.5 Å². The molecule has 2 N–H and O–H groups in total. The number of unbranched alkanes of at least 4 members (excludes halogenated alkanes) is 2. The molecule has 12 nitrogen and oxygen atoms in total. The van der Waals surface area contributed by atoms with Crippen molar-refractivity contribution in [3.63, 3.8) is 0 Å². The molecule has 2 aliphatic rings. The number of rotatable bonds is 16. The Labute approximate surface area is 328 Å². The second-order valence-electron chi connectivity index (χ2n) is 13.9. The Morgan fingerprint density at radius 3 is 1.43 bits per heavy atom. The number of hydrazine groups is 1. The van der Waals surface area contributed by atoms with E-state index < -0.39 is 59.8 Å². The fourth-order valence-corrected chi connectivity index (χ4v) is 7.63. The number of esters is 2. The third-order valence-corrected chi connectivity index (χ3v) is 10.3. The average Bonchev–Trinajstić information content (AvgIpc) is 3.75. The number of nitrogens with one attached hydrogen (secondary N) is 2. The minimum Gasteiger partial charge on any atom is -0.497 e. The molecule has 2 amide bonds. The Balaban J connectivity index is 1.60. The Morgan fingerprint density at radius 2 is 0.964 bits per heavy atom. The van der Waals surface area contributed by atoms with E-state index in [1.807, 2.05) is 62.4 Å². The van der Waals surface area contributed by atoms with E-state index in [2.05, 4.69) is 10.6 Å². The summed E-state index contributed by atoms with van der Waals surface area (Å²) in [6.07, 6.45) is 2.81. The molecular formula is C44H50N4O8. The van der Waals surface area contributed by atoms with Crippen molar-refractivity contribution < 1.29 is 38.1 Å². The number of para-hydroxylation sites is 2. The first kappa shape index (κ1) is 40.0. The van der Waals surface area contributed by atoms with Crippen LogP contribution in [0.3, 0.4) is 0 Å². The van der Waals surface area contributed by atoms with Crippen LogP contribution in [0.25, 0.3) is 0 Å². The molecule has 0 bridgehead atoms. The number of benzene rings is 4. The zero-order chi connectivity index (χ0) is 39.6. The predicted molar refractivity (Wildman–Crippen MR) is 212 cm³/mol. The van der Waals surface area contributed by atoms with E-state index in [1.165, 1.54) is 0 Å². The number of nitrogens with zero attached hydrogens (tertiary/aromatic N) is 2. The van der Waals surface area contributed by atoms with Crippen LogP contribution < -0.4 is 20.1 Å². The molecule has 2 aliphatic heterocycles. The maximum atomic E-state index is 15.0. The molecule has 294 valence electrons. The highest BCUT2D eigenvalue weighted by molar-refractivity contribution is 6.01. The van der Waals surface area contributed by atoms with Crippen molar-refractivity contribution in [2.24, 2.45) is 11.8 Å². The number of anilines is 2. The van der Waals surface area contributed by atoms with Gasteiger partial charge in [-0.3, -0.25) is 19.2 Å². The fourth-order valence-electron chi connectivity index (χ4n) is 7.63. The van der Waals surface area contributed by atoms with Crippen molar-refractivity contribution >= 4 is 35.1 Å². The van der Waals surface area contributed by atoms with E-state index in [4.69, 9.17) is 18.9 Å². The van der Waals surface area contributed by atoms with Crippen LogP contribution in [0.4, 0.5) is 11.4 Å². The lowest BCUT2D eigenvalue weighted by Crippen LogP contribution is -2.48. The van der Waals surface area contributed by atoms with E-state index in [0.29, 0.717) is 46.8 Å². The highest BCUT2D eigenvalue weighted by Crippen LogP contribution is 2.56. The van der Waals surface area contributed by atoms with Gasteiger partial charge in [0.05, 0.1) is 45.4 Å². The smallest absolute Gasteiger partial charge is 0.325 e. The van der Waals surface area contributed by atoms with E-state index in [9.17, 15) is 19.2 Å². The van der Waals surface area contributed by atoms with E-state index in [1.54, 1.807) is 84.9 Å². The molecule has 12 heteroatoms. The molecule has 6 atom stereocenters. The summed E-state index contributed by atoms with van der Waals surface area (Å²) in [4.78, 5) is 59.2. The maximum absolute atomic E-state index is 15.0. The number of methoxy groups -OCH3 is 2. The van der Waals surface area contributed by atoms with Gasteiger partial charge in [-0.15, -0.1) is 0 Å². The molecule has 2 fully saturated rings. The second kappa shape index (κ2) is 18.7. The molecule has 0 aliphatic carbocycles. The van der Waals surface area contributed by atoms with Gasteiger partial charge in [0.25, 0.3) is 0 Å². The van der Waals surface area contributed by atoms with E-state index in [-0.39, 0.29) is 13.2 Å². The Hall–Kier alpha value is -5.72. The van der Waals surface area contributed by atoms with Crippen LogP contribution in [0.1, 0.15) is 62.7 Å². The fraction of sp³-hybridized carbons (Fsp3) is 0.364. The number of carbonyl (C=O) groups excluding carboxylic acids is 4. The third kappa shape index (κ3) is 8.56. The van der Waals surface area contributed by atoms with Crippen LogP contribution in [0.15, 0.2) is 109 Å². The second-order valence-corrected chi connectivity index (χ2v) is 13.9. The normalized spacial score (nSPS) is 21.8. The van der Waals surface area contributed by atoms with Gasteiger partial charge in [0.2, 0.25) is 11.8 Å². The van der Waals surface area contributed by atoms with Crippen molar-refractivity contribution in [1.29, 1.82) is 0 Å². The minimum atomic E-state index is -1.27. The molecular weight excluding hydrogens is 713 g/mol. The lowest BCUT2D eigenvalue weighted by Gasteiger charge is -2.33. The Kier molecular flexibility index (Phi) is 13.4. The van der Waals surface area contributed by atoms with Gasteiger partial charge in [-0.2, -0.15) is 0 Å². The quantitative estimate of drug-likeness (QED) is 0.0911. The summed E-state index contributed by atoms with van der Waals surface area (Å²) < 4.78 is 22.9. The standard InChI is InChI=1S/C44H50N4O8/c1-5-7-27-55-43(51)36-38(30-21-25-34(54-4)26-22-30)48-40(44(52)56-28-8-6-2)35(41(49)45-31-15-11-9-12-16-31)37(29-19-23-33(53-3)24-20-29)47(48)39(36)42(50)46-32-17-13-10-14-18-32/h9-26,35-40H,5-8,27-28H2,1-4H3,(H,45,49)(H,46,50)/t35-,36-,37+,38+,39+,40+/m0/s1. The molecule has 0 aromatic heterocycles.